The summed E-state index contributed by atoms with van der Waals surface area (Å²) in [5, 5.41) is 2.77. The van der Waals surface area contributed by atoms with Crippen LogP contribution in [-0.2, 0) is 14.3 Å². The van der Waals surface area contributed by atoms with Gasteiger partial charge in [0.25, 0.3) is 0 Å². The van der Waals surface area contributed by atoms with Crippen LogP contribution in [0.2, 0.25) is 0 Å². The molecule has 5 heteroatoms. The number of nitrogens with zero attached hydrogens (tertiary/aromatic N) is 1. The third-order valence-electron chi connectivity index (χ3n) is 2.43. The van der Waals surface area contributed by atoms with Crippen molar-refractivity contribution in [1.82, 2.24) is 10.2 Å². The van der Waals surface area contributed by atoms with Crippen LogP contribution in [-0.4, -0.2) is 50.1 Å². The molecule has 0 unspecified atom stereocenters. The van der Waals surface area contributed by atoms with Crippen molar-refractivity contribution in [2.24, 2.45) is 0 Å². The summed E-state index contributed by atoms with van der Waals surface area (Å²) in [4.78, 5) is 24.3. The monoisotopic (exact) mass is 230 g/mol. The molecule has 0 heterocycles. The number of hydrogen-bond donors (Lipinski definition) is 1. The van der Waals surface area contributed by atoms with E-state index in [9.17, 15) is 9.59 Å². The fourth-order valence-corrected chi connectivity index (χ4v) is 1.30. The number of amides is 1. The van der Waals surface area contributed by atoms with E-state index in [1.54, 1.807) is 0 Å². The lowest BCUT2D eigenvalue weighted by atomic mass is 10.3. The summed E-state index contributed by atoms with van der Waals surface area (Å²) < 4.78 is 4.45. The van der Waals surface area contributed by atoms with Crippen LogP contribution in [0.5, 0.6) is 0 Å². The molecule has 1 N–H and O–H groups in total. The predicted molar refractivity (Wildman–Crippen MR) is 62.0 cm³/mol. The molecule has 0 atom stereocenters. The number of methoxy groups -OCH3 is 1. The Morgan fingerprint density at radius 2 is 1.81 bits per heavy atom. The van der Waals surface area contributed by atoms with Gasteiger partial charge in [-0.1, -0.05) is 13.8 Å². The first-order chi connectivity index (χ1) is 7.63. The van der Waals surface area contributed by atoms with E-state index in [0.29, 0.717) is 6.54 Å². The van der Waals surface area contributed by atoms with Crippen molar-refractivity contribution in [3.8, 4) is 0 Å². The van der Waals surface area contributed by atoms with Gasteiger partial charge in [0.15, 0.2) is 0 Å². The summed E-state index contributed by atoms with van der Waals surface area (Å²) in [6, 6.07) is 0. The number of carbonyl (C=O) groups is 2. The maximum atomic E-state index is 11.3. The average Bonchev–Trinajstić information content (AvgIpc) is 2.31. The first-order valence-electron chi connectivity index (χ1n) is 5.69. The Morgan fingerprint density at radius 3 is 2.31 bits per heavy atom. The van der Waals surface area contributed by atoms with E-state index in [2.05, 4.69) is 28.8 Å². The minimum Gasteiger partial charge on any atom is -0.469 e. The van der Waals surface area contributed by atoms with Crippen LogP contribution >= 0.6 is 0 Å². The molecule has 0 aromatic rings. The summed E-state index contributed by atoms with van der Waals surface area (Å²) in [5.74, 6) is -0.448. The van der Waals surface area contributed by atoms with Crippen LogP contribution in [0.3, 0.4) is 0 Å². The van der Waals surface area contributed by atoms with Crippen molar-refractivity contribution in [3.05, 3.63) is 0 Å². The number of nitrogens with one attached hydrogen (secondary N) is 1. The Balaban J connectivity index is 3.54. The van der Waals surface area contributed by atoms with E-state index in [-0.39, 0.29) is 24.7 Å². The minimum atomic E-state index is -0.348. The molecule has 16 heavy (non-hydrogen) atoms. The largest absolute Gasteiger partial charge is 0.469 e. The van der Waals surface area contributed by atoms with Gasteiger partial charge in [-0.2, -0.15) is 0 Å². The van der Waals surface area contributed by atoms with E-state index < -0.39 is 0 Å². The highest BCUT2D eigenvalue weighted by Gasteiger charge is 2.06. The van der Waals surface area contributed by atoms with Crippen LogP contribution < -0.4 is 5.32 Å². The zero-order valence-electron chi connectivity index (χ0n) is 10.4. The standard InChI is InChI=1S/C11H22N2O3/c1-4-13(5-2)9-8-12-10(14)6-7-11(15)16-3/h4-9H2,1-3H3,(H,12,14). The molecule has 0 bridgehead atoms. The van der Waals surface area contributed by atoms with E-state index >= 15 is 0 Å². The van der Waals surface area contributed by atoms with Gasteiger partial charge in [-0.3, -0.25) is 9.59 Å². The quantitative estimate of drug-likeness (QED) is 0.613. The van der Waals surface area contributed by atoms with Gasteiger partial charge in [-0.05, 0) is 13.1 Å². The molecule has 94 valence electrons. The third kappa shape index (κ3) is 7.23. The van der Waals surface area contributed by atoms with Crippen molar-refractivity contribution in [2.75, 3.05) is 33.3 Å². The predicted octanol–water partition coefficient (Wildman–Crippen LogP) is 0.398. The van der Waals surface area contributed by atoms with Crippen LogP contribution in [0.25, 0.3) is 0 Å². The van der Waals surface area contributed by atoms with Crippen molar-refractivity contribution < 1.29 is 14.3 Å². The van der Waals surface area contributed by atoms with Crippen LogP contribution in [0.15, 0.2) is 0 Å². The fourth-order valence-electron chi connectivity index (χ4n) is 1.30. The van der Waals surface area contributed by atoms with E-state index in [4.69, 9.17) is 0 Å². The van der Waals surface area contributed by atoms with E-state index in [1.807, 2.05) is 0 Å². The zero-order valence-corrected chi connectivity index (χ0v) is 10.4. The lowest BCUT2D eigenvalue weighted by molar-refractivity contribution is -0.142. The Kier molecular flexibility index (Phi) is 8.52. The second-order valence-corrected chi connectivity index (χ2v) is 3.45. The van der Waals surface area contributed by atoms with Gasteiger partial charge < -0.3 is 15.0 Å². The molecule has 0 aromatic carbocycles. The fraction of sp³-hybridized carbons (Fsp3) is 0.818. The molecule has 0 aliphatic rings. The van der Waals surface area contributed by atoms with E-state index in [1.165, 1.54) is 7.11 Å². The number of carbonyl (C=O) groups excluding carboxylic acids is 2. The maximum absolute atomic E-state index is 11.3. The molecule has 1 amide bonds. The van der Waals surface area contributed by atoms with Gasteiger partial charge in [0, 0.05) is 19.5 Å². The van der Waals surface area contributed by atoms with Gasteiger partial charge in [0.05, 0.1) is 13.5 Å². The van der Waals surface area contributed by atoms with Crippen LogP contribution in [0.4, 0.5) is 0 Å². The number of rotatable bonds is 8. The lowest BCUT2D eigenvalue weighted by Crippen LogP contribution is -2.34. The highest BCUT2D eigenvalue weighted by atomic mass is 16.5. The molecule has 0 aromatic heterocycles. The van der Waals surface area contributed by atoms with Crippen molar-refractivity contribution in [2.45, 2.75) is 26.7 Å². The second-order valence-electron chi connectivity index (χ2n) is 3.45. The molecular formula is C11H22N2O3. The Morgan fingerprint density at radius 1 is 1.19 bits per heavy atom. The molecule has 0 radical (unpaired) electrons. The highest BCUT2D eigenvalue weighted by Crippen LogP contribution is 1.91. The molecule has 0 fully saturated rings. The molecule has 0 saturated heterocycles. The van der Waals surface area contributed by atoms with Gasteiger partial charge in [0.2, 0.25) is 5.91 Å². The third-order valence-corrected chi connectivity index (χ3v) is 2.43. The number of esters is 1. The Hall–Kier alpha value is -1.10. The first-order valence-corrected chi connectivity index (χ1v) is 5.69. The summed E-state index contributed by atoms with van der Waals surface area (Å²) in [5.41, 5.74) is 0. The number of ether oxygens (including phenoxy) is 1. The Labute approximate surface area is 97.1 Å². The summed E-state index contributed by atoms with van der Waals surface area (Å²) in [6.45, 7) is 7.60. The highest BCUT2D eigenvalue weighted by molar-refractivity contribution is 5.81. The topological polar surface area (TPSA) is 58.6 Å². The summed E-state index contributed by atoms with van der Waals surface area (Å²) in [7, 11) is 1.32. The maximum Gasteiger partial charge on any atom is 0.306 e. The molecule has 5 nitrogen and oxygen atoms in total. The molecule has 0 spiro atoms. The number of likely N-dealkylation sites (N-methyl/N-ethyl adjacent to an activating group) is 1. The summed E-state index contributed by atoms with van der Waals surface area (Å²) in [6.07, 6.45) is 0.346. The Bertz CT molecular complexity index is 215. The van der Waals surface area contributed by atoms with Crippen LogP contribution in [0.1, 0.15) is 26.7 Å². The SMILES string of the molecule is CCN(CC)CCNC(=O)CCC(=O)OC. The second kappa shape index (κ2) is 9.15. The molecular weight excluding hydrogens is 208 g/mol. The summed E-state index contributed by atoms with van der Waals surface area (Å²) >= 11 is 0. The lowest BCUT2D eigenvalue weighted by Gasteiger charge is -2.17. The van der Waals surface area contributed by atoms with Crippen molar-refractivity contribution in [1.29, 1.82) is 0 Å². The van der Waals surface area contributed by atoms with Gasteiger partial charge >= 0.3 is 5.97 Å². The number of hydrogen-bond acceptors (Lipinski definition) is 4. The average molecular weight is 230 g/mol. The van der Waals surface area contributed by atoms with Crippen molar-refractivity contribution in [3.63, 3.8) is 0 Å². The minimum absolute atomic E-state index is 0.0995. The molecule has 0 saturated carbocycles. The zero-order chi connectivity index (χ0) is 12.4. The van der Waals surface area contributed by atoms with E-state index in [0.717, 1.165) is 19.6 Å². The van der Waals surface area contributed by atoms with Gasteiger partial charge in [0.1, 0.15) is 0 Å². The van der Waals surface area contributed by atoms with Crippen molar-refractivity contribution >= 4 is 11.9 Å². The normalized spacial score (nSPS) is 10.2. The first kappa shape index (κ1) is 14.9. The molecule has 0 aliphatic carbocycles. The molecule has 0 aliphatic heterocycles. The van der Waals surface area contributed by atoms with Gasteiger partial charge in [-0.25, -0.2) is 0 Å². The van der Waals surface area contributed by atoms with Crippen LogP contribution in [0, 0.1) is 0 Å². The van der Waals surface area contributed by atoms with Gasteiger partial charge in [-0.15, -0.1) is 0 Å². The molecule has 0 rings (SSSR count). The smallest absolute Gasteiger partial charge is 0.306 e.